The monoisotopic (exact) mass is 562 g/mol. The molecule has 0 aliphatic carbocycles. The van der Waals surface area contributed by atoms with E-state index in [1.165, 1.54) is 28.0 Å². The second-order valence-corrected chi connectivity index (χ2v) is 11.2. The maximum Gasteiger partial charge on any atom is 0.352 e. The van der Waals surface area contributed by atoms with Gasteiger partial charge in [-0.05, 0) is 18.6 Å². The number of hydrogen-bond acceptors (Lipinski definition) is 13. The Kier molecular flexibility index (Phi) is 6.78. The van der Waals surface area contributed by atoms with E-state index in [0.29, 0.717) is 29.5 Å². The number of fused-ring (bicyclic) bond motifs is 2. The Bertz CT molecular complexity index is 1370. The first-order valence-corrected chi connectivity index (χ1v) is 13.8. The zero-order valence-corrected chi connectivity index (χ0v) is 21.9. The number of thiazole rings is 2. The van der Waals surface area contributed by atoms with Crippen LogP contribution < -0.4 is 16.8 Å². The highest BCUT2D eigenvalue weighted by atomic mass is 32.2. The second kappa shape index (κ2) is 10.0. The second-order valence-electron chi connectivity index (χ2n) is 8.13. The Balaban J connectivity index is 1.31. The number of oxime groups is 1. The number of carbonyl (C=O) groups excluding carboxylic acids is 2. The van der Waals surface area contributed by atoms with Gasteiger partial charge in [0.05, 0.1) is 17.1 Å². The van der Waals surface area contributed by atoms with E-state index in [2.05, 4.69) is 20.4 Å². The molecule has 5 rings (SSSR count). The van der Waals surface area contributed by atoms with Gasteiger partial charge in [0, 0.05) is 23.9 Å². The van der Waals surface area contributed by atoms with Gasteiger partial charge in [-0.1, -0.05) is 16.5 Å². The Labute approximate surface area is 222 Å². The average Bonchev–Trinajstić information content (AvgIpc) is 3.46. The molecule has 0 saturated carbocycles. The number of anilines is 2. The largest absolute Gasteiger partial charge is 0.477 e. The smallest absolute Gasteiger partial charge is 0.352 e. The van der Waals surface area contributed by atoms with Crippen molar-refractivity contribution in [2.45, 2.75) is 24.9 Å². The molecular weight excluding hydrogens is 540 g/mol. The first-order chi connectivity index (χ1) is 17.8. The number of thioether (sulfide) groups is 1. The van der Waals surface area contributed by atoms with E-state index >= 15 is 0 Å². The van der Waals surface area contributed by atoms with Crippen LogP contribution in [0.15, 0.2) is 28.0 Å². The molecule has 1 saturated heterocycles. The lowest BCUT2D eigenvalue weighted by Gasteiger charge is -2.49. The van der Waals surface area contributed by atoms with Crippen molar-refractivity contribution < 1.29 is 24.3 Å². The highest BCUT2D eigenvalue weighted by Crippen LogP contribution is 2.41. The van der Waals surface area contributed by atoms with Crippen molar-refractivity contribution in [1.82, 2.24) is 25.1 Å². The molecule has 1 fully saturated rings. The van der Waals surface area contributed by atoms with Gasteiger partial charge in [0.2, 0.25) is 0 Å². The number of carboxylic acids is 1. The summed E-state index contributed by atoms with van der Waals surface area (Å²) in [6.07, 6.45) is 3.76. The van der Waals surface area contributed by atoms with Gasteiger partial charge < -0.3 is 31.6 Å². The summed E-state index contributed by atoms with van der Waals surface area (Å²) in [5, 5.41) is 18.2. The molecule has 5 heterocycles. The summed E-state index contributed by atoms with van der Waals surface area (Å²) in [7, 11) is 0. The van der Waals surface area contributed by atoms with Gasteiger partial charge in [-0.25, -0.2) is 14.8 Å². The third-order valence-corrected chi connectivity index (χ3v) is 8.63. The number of nitrogens with two attached hydrogens (primary N) is 2. The standard InChI is InChI=1S/C21H22N8O5S3/c1-2-34-27-13(11-8-36-20(22)25-11)16(30)26-14-17(31)29-15(19(32)33)9(7-35-18(14)29)5-28-4-3-12-10(6-28)24-21(23)37-12/h3-4,8,14,18H,2,5-7H2,1H3,(H2,22,25)(H2,23,24)(H,26,30)(H,32,33)/b27-13+/t14?,18-/m1/s1. The lowest BCUT2D eigenvalue weighted by Crippen LogP contribution is -2.71. The van der Waals surface area contributed by atoms with E-state index in [-0.39, 0.29) is 28.8 Å². The predicted molar refractivity (Wildman–Crippen MR) is 140 cm³/mol. The van der Waals surface area contributed by atoms with E-state index in [9.17, 15) is 19.5 Å². The van der Waals surface area contributed by atoms with Crippen LogP contribution in [0.3, 0.4) is 0 Å². The number of aromatic nitrogens is 2. The van der Waals surface area contributed by atoms with Crippen molar-refractivity contribution in [2.24, 2.45) is 5.16 Å². The number of hydrogen-bond donors (Lipinski definition) is 4. The van der Waals surface area contributed by atoms with Crippen molar-refractivity contribution in [1.29, 1.82) is 0 Å². The summed E-state index contributed by atoms with van der Waals surface area (Å²) in [6, 6.07) is -0.924. The Morgan fingerprint density at radius 2 is 2.14 bits per heavy atom. The van der Waals surface area contributed by atoms with Crippen LogP contribution in [0.4, 0.5) is 10.3 Å². The minimum absolute atomic E-state index is 0.0632. The van der Waals surface area contributed by atoms with Crippen molar-refractivity contribution in [3.8, 4) is 0 Å². The van der Waals surface area contributed by atoms with Crippen LogP contribution in [-0.2, 0) is 25.8 Å². The van der Waals surface area contributed by atoms with Crippen LogP contribution in [0.1, 0.15) is 23.2 Å². The molecule has 2 atom stereocenters. The number of amides is 2. The molecule has 37 heavy (non-hydrogen) atoms. The first kappa shape index (κ1) is 25.0. The van der Waals surface area contributed by atoms with Gasteiger partial charge in [-0.3, -0.25) is 14.5 Å². The number of carboxylic acid groups (broad SMARTS) is 1. The van der Waals surface area contributed by atoms with Crippen LogP contribution >= 0.6 is 34.4 Å². The van der Waals surface area contributed by atoms with Gasteiger partial charge in [-0.2, -0.15) is 0 Å². The quantitative estimate of drug-likeness (QED) is 0.202. The van der Waals surface area contributed by atoms with E-state index in [0.717, 1.165) is 21.9 Å². The molecule has 3 aliphatic heterocycles. The van der Waals surface area contributed by atoms with E-state index in [1.807, 2.05) is 17.2 Å². The molecule has 0 bridgehead atoms. The highest BCUT2D eigenvalue weighted by Gasteiger charge is 2.54. The lowest BCUT2D eigenvalue weighted by molar-refractivity contribution is -0.150. The van der Waals surface area contributed by atoms with Crippen molar-refractivity contribution in [2.75, 3.05) is 30.4 Å². The predicted octanol–water partition coefficient (Wildman–Crippen LogP) is 0.730. The fraction of sp³-hybridized carbons (Fsp3) is 0.333. The summed E-state index contributed by atoms with van der Waals surface area (Å²) in [6.45, 7) is 2.73. The Morgan fingerprint density at radius 1 is 1.32 bits per heavy atom. The molecule has 2 aromatic heterocycles. The van der Waals surface area contributed by atoms with Gasteiger partial charge in [0.1, 0.15) is 29.4 Å². The molecule has 13 nitrogen and oxygen atoms in total. The number of nitrogens with zero attached hydrogens (tertiary/aromatic N) is 5. The van der Waals surface area contributed by atoms with Crippen LogP contribution in [0, 0.1) is 0 Å². The number of nitrogen functional groups attached to an aromatic ring is 2. The highest BCUT2D eigenvalue weighted by molar-refractivity contribution is 8.00. The number of β-lactam (4-membered cyclic amide) rings is 1. The molecular formula is C21H22N8O5S3. The van der Waals surface area contributed by atoms with E-state index in [1.54, 1.807) is 12.3 Å². The van der Waals surface area contributed by atoms with Crippen LogP contribution in [0.25, 0.3) is 6.08 Å². The normalized spacial score (nSPS) is 20.9. The third kappa shape index (κ3) is 4.74. The zero-order valence-electron chi connectivity index (χ0n) is 19.4. The van der Waals surface area contributed by atoms with Crippen molar-refractivity contribution in [3.63, 3.8) is 0 Å². The van der Waals surface area contributed by atoms with Gasteiger partial charge >= 0.3 is 5.97 Å². The molecule has 3 aliphatic rings. The fourth-order valence-electron chi connectivity index (χ4n) is 4.14. The lowest BCUT2D eigenvalue weighted by atomic mass is 10.0. The number of rotatable bonds is 8. The molecule has 194 valence electrons. The summed E-state index contributed by atoms with van der Waals surface area (Å²) >= 11 is 3.92. The van der Waals surface area contributed by atoms with Crippen LogP contribution in [0.2, 0.25) is 0 Å². The SMILES string of the molecule is CCO/N=C(/C(=O)NC1C(=O)N2C(C(=O)O)=C(CN3C=Cc4sc(N)nc4C3)CS[C@H]12)c1csc(N)n1. The van der Waals surface area contributed by atoms with Gasteiger partial charge in [0.15, 0.2) is 16.0 Å². The van der Waals surface area contributed by atoms with Crippen LogP contribution in [0.5, 0.6) is 0 Å². The summed E-state index contributed by atoms with van der Waals surface area (Å²) < 4.78 is 0. The molecule has 2 amide bonds. The number of nitrogens with one attached hydrogen (secondary N) is 1. The third-order valence-electron chi connectivity index (χ3n) is 5.73. The maximum absolute atomic E-state index is 13.1. The minimum Gasteiger partial charge on any atom is -0.477 e. The Hall–Kier alpha value is -3.63. The molecule has 2 aromatic rings. The summed E-state index contributed by atoms with van der Waals surface area (Å²) in [5.41, 5.74) is 13.0. The number of aliphatic carboxylic acids is 1. The summed E-state index contributed by atoms with van der Waals surface area (Å²) in [4.78, 5) is 55.9. The zero-order chi connectivity index (χ0) is 26.3. The molecule has 16 heteroatoms. The average molecular weight is 563 g/mol. The topological polar surface area (TPSA) is 189 Å². The minimum atomic E-state index is -1.20. The fourth-order valence-corrected chi connectivity index (χ4v) is 6.76. The molecule has 0 spiro atoms. The Morgan fingerprint density at radius 3 is 2.84 bits per heavy atom. The van der Waals surface area contributed by atoms with Crippen molar-refractivity contribution in [3.05, 3.63) is 39.1 Å². The van der Waals surface area contributed by atoms with E-state index < -0.39 is 29.2 Å². The maximum atomic E-state index is 13.1. The molecule has 0 aromatic carbocycles. The van der Waals surface area contributed by atoms with Crippen LogP contribution in [-0.4, -0.2) is 78.7 Å². The summed E-state index contributed by atoms with van der Waals surface area (Å²) in [5.74, 6) is -2.01. The van der Waals surface area contributed by atoms with E-state index in [4.69, 9.17) is 16.3 Å². The molecule has 0 radical (unpaired) electrons. The molecule has 6 N–H and O–H groups in total. The van der Waals surface area contributed by atoms with Crippen molar-refractivity contribution >= 4 is 74.3 Å². The first-order valence-electron chi connectivity index (χ1n) is 11.1. The van der Waals surface area contributed by atoms with Gasteiger partial charge in [-0.15, -0.1) is 23.1 Å². The molecule has 1 unspecified atom stereocenters. The number of carbonyl (C=O) groups is 3. The van der Waals surface area contributed by atoms with Gasteiger partial charge in [0.25, 0.3) is 11.8 Å².